The van der Waals surface area contributed by atoms with Gasteiger partial charge >= 0.3 is 0 Å². The maximum Gasteiger partial charge on any atom is 0.111 e. The molecule has 1 N–H and O–H groups in total. The Morgan fingerprint density at radius 1 is 0.780 bits per heavy atom. The molecule has 5 aromatic carbocycles. The van der Waals surface area contributed by atoms with Gasteiger partial charge in [-0.3, -0.25) is 14.1 Å². The number of nitrogens with one attached hydrogen (secondary N) is 1. The van der Waals surface area contributed by atoms with E-state index in [1.807, 2.05) is 17.4 Å². The molecule has 10 rings (SSSR count). The number of hydrogen-bond donors (Lipinski definition) is 1. The molecular formula is C45H30N4S. The summed E-state index contributed by atoms with van der Waals surface area (Å²) in [6.45, 7) is 2.06. The average molecular weight is 659 g/mol. The maximum absolute atomic E-state index is 6.48. The first-order valence-corrected chi connectivity index (χ1v) is 17.7. The van der Waals surface area contributed by atoms with E-state index in [1.54, 1.807) is 0 Å². The third-order valence-corrected chi connectivity index (χ3v) is 11.1. The van der Waals surface area contributed by atoms with Gasteiger partial charge in [0.05, 0.1) is 34.0 Å². The number of rotatable bonds is 4. The fourth-order valence-corrected chi connectivity index (χ4v) is 9.13. The highest BCUT2D eigenvalue weighted by Gasteiger charge is 2.30. The summed E-state index contributed by atoms with van der Waals surface area (Å²) in [5.74, 6) is 4.13. The molecule has 1 atom stereocenters. The second kappa shape index (κ2) is 11.1. The Kier molecular flexibility index (Phi) is 6.36. The van der Waals surface area contributed by atoms with E-state index in [4.69, 9.17) is 11.4 Å². The monoisotopic (exact) mass is 658 g/mol. The lowest BCUT2D eigenvalue weighted by Gasteiger charge is -2.27. The SMILES string of the molecule is C#Cc1c(/C=C\C)c2c3c4ccccc4sc3c3c4ccccc4n(C4=CC=C5N=C(c6ccccc6)C=CC5N4)c3c2n1-c1ccccc1. The molecule has 2 aliphatic rings. The van der Waals surface area contributed by atoms with Crippen molar-refractivity contribution in [2.75, 3.05) is 0 Å². The molecule has 8 aromatic rings. The van der Waals surface area contributed by atoms with Crippen LogP contribution in [0.4, 0.5) is 0 Å². The van der Waals surface area contributed by atoms with Crippen LogP contribution in [0, 0.1) is 12.3 Å². The van der Waals surface area contributed by atoms with E-state index in [2.05, 4.69) is 167 Å². The van der Waals surface area contributed by atoms with Gasteiger partial charge < -0.3 is 5.32 Å². The standard InChI is InChI=1S/C45H30N4S/c1-3-15-30-36(4-2)48(29-18-9-6-10-19-29)43-40(30)41-32-21-12-14-23-38(32)50-45(41)42-31-20-11-13-22-37(31)49(44(42)43)39-27-26-34-35(47-39)25-24-33(46-34)28-16-7-5-8-17-28/h2-3,5-27,35,47H,1H3/b15-3-. The van der Waals surface area contributed by atoms with Crippen LogP contribution in [0.1, 0.15) is 23.7 Å². The Hall–Kier alpha value is -6.35. The molecule has 1 unspecified atom stereocenters. The first-order chi connectivity index (χ1) is 24.7. The van der Waals surface area contributed by atoms with Crippen LogP contribution in [0.25, 0.3) is 70.5 Å². The topological polar surface area (TPSA) is 34.2 Å². The minimum Gasteiger partial charge on any atom is -0.359 e. The van der Waals surface area contributed by atoms with Crippen LogP contribution in [0.15, 0.2) is 150 Å². The van der Waals surface area contributed by atoms with E-state index >= 15 is 0 Å². The Bertz CT molecular complexity index is 2900. The van der Waals surface area contributed by atoms with Crippen LogP contribution in [0.3, 0.4) is 0 Å². The Morgan fingerprint density at radius 3 is 2.30 bits per heavy atom. The number of aliphatic imine (C=N–C) groups is 1. The normalized spacial score (nSPS) is 15.8. The van der Waals surface area contributed by atoms with Gasteiger partial charge in [0.2, 0.25) is 0 Å². The Balaban J connectivity index is 1.38. The zero-order chi connectivity index (χ0) is 33.3. The smallest absolute Gasteiger partial charge is 0.111 e. The van der Waals surface area contributed by atoms with Gasteiger partial charge in [-0.05, 0) is 49.4 Å². The van der Waals surface area contributed by atoms with Gasteiger partial charge in [0.1, 0.15) is 11.5 Å². The van der Waals surface area contributed by atoms with Crippen molar-refractivity contribution >= 4 is 81.8 Å². The largest absolute Gasteiger partial charge is 0.359 e. The molecule has 0 bridgehead atoms. The van der Waals surface area contributed by atoms with Crippen molar-refractivity contribution in [3.05, 3.63) is 162 Å². The Morgan fingerprint density at radius 2 is 1.50 bits per heavy atom. The van der Waals surface area contributed by atoms with E-state index in [1.165, 1.54) is 36.3 Å². The van der Waals surface area contributed by atoms with Crippen LogP contribution in [-0.4, -0.2) is 20.9 Å². The van der Waals surface area contributed by atoms with Crippen molar-refractivity contribution in [2.24, 2.45) is 4.99 Å². The lowest BCUT2D eigenvalue weighted by molar-refractivity contribution is 0.757. The molecule has 0 saturated carbocycles. The first kappa shape index (κ1) is 28.6. The molecule has 5 heterocycles. The fourth-order valence-electron chi connectivity index (χ4n) is 7.86. The molecule has 0 amide bonds. The number of dihydropyridines is 2. The highest BCUT2D eigenvalue weighted by atomic mass is 32.1. The first-order valence-electron chi connectivity index (χ1n) is 16.9. The van der Waals surface area contributed by atoms with Gasteiger partial charge in [-0.2, -0.15) is 0 Å². The van der Waals surface area contributed by atoms with E-state index in [9.17, 15) is 0 Å². The summed E-state index contributed by atoms with van der Waals surface area (Å²) >= 11 is 1.86. The molecule has 236 valence electrons. The average Bonchev–Trinajstić information content (AvgIpc) is 3.83. The van der Waals surface area contributed by atoms with Gasteiger partial charge in [-0.25, -0.2) is 0 Å². The second-order valence-corrected chi connectivity index (χ2v) is 13.7. The summed E-state index contributed by atoms with van der Waals surface area (Å²) in [7, 11) is 0. The molecule has 3 aromatic heterocycles. The molecule has 2 aliphatic heterocycles. The van der Waals surface area contributed by atoms with Crippen LogP contribution >= 0.6 is 11.3 Å². The predicted octanol–water partition coefficient (Wildman–Crippen LogP) is 10.8. The van der Waals surface area contributed by atoms with Gasteiger partial charge in [0.25, 0.3) is 0 Å². The fraction of sp³-hybridized carbons (Fsp3) is 0.0444. The lowest BCUT2D eigenvalue weighted by atomic mass is 10.00. The van der Waals surface area contributed by atoms with Crippen molar-refractivity contribution in [1.82, 2.24) is 14.5 Å². The number of benzene rings is 5. The van der Waals surface area contributed by atoms with Crippen LogP contribution < -0.4 is 5.32 Å². The molecule has 0 radical (unpaired) electrons. The van der Waals surface area contributed by atoms with E-state index in [-0.39, 0.29) is 6.04 Å². The zero-order valence-corrected chi connectivity index (χ0v) is 28.1. The number of allylic oxidation sites excluding steroid dienone is 4. The van der Waals surface area contributed by atoms with E-state index < -0.39 is 0 Å². The molecule has 4 nitrogen and oxygen atoms in total. The van der Waals surface area contributed by atoms with Crippen LogP contribution in [0.5, 0.6) is 0 Å². The van der Waals surface area contributed by atoms with Gasteiger partial charge in [0, 0.05) is 53.1 Å². The van der Waals surface area contributed by atoms with Gasteiger partial charge in [0.15, 0.2) is 0 Å². The summed E-state index contributed by atoms with van der Waals surface area (Å²) in [5, 5.41) is 9.98. The highest BCUT2D eigenvalue weighted by Crippen LogP contribution is 2.50. The number of terminal acetylenes is 1. The number of aromatic nitrogens is 2. The molecule has 50 heavy (non-hydrogen) atoms. The number of nitrogens with zero attached hydrogens (tertiary/aromatic N) is 3. The molecule has 5 heteroatoms. The molecular weight excluding hydrogens is 629 g/mol. The van der Waals surface area contributed by atoms with Crippen LogP contribution in [-0.2, 0) is 0 Å². The third-order valence-electron chi connectivity index (χ3n) is 9.91. The van der Waals surface area contributed by atoms with Gasteiger partial charge in [-0.1, -0.05) is 109 Å². The van der Waals surface area contributed by atoms with E-state index in [0.29, 0.717) is 0 Å². The minimum absolute atomic E-state index is 0.0667. The predicted molar refractivity (Wildman–Crippen MR) is 213 cm³/mol. The number of hydrogen-bond acceptors (Lipinski definition) is 3. The van der Waals surface area contributed by atoms with Gasteiger partial charge in [-0.15, -0.1) is 17.8 Å². The zero-order valence-electron chi connectivity index (χ0n) is 27.3. The summed E-state index contributed by atoms with van der Waals surface area (Å²) in [4.78, 5) is 5.07. The lowest BCUT2D eigenvalue weighted by Crippen LogP contribution is -2.33. The third kappa shape index (κ3) is 4.03. The molecule has 0 fully saturated rings. The van der Waals surface area contributed by atoms with Crippen molar-refractivity contribution < 1.29 is 0 Å². The number of para-hydroxylation sites is 2. The highest BCUT2D eigenvalue weighted by molar-refractivity contribution is 7.27. The van der Waals surface area contributed by atoms with Crippen LogP contribution in [0.2, 0.25) is 0 Å². The minimum atomic E-state index is -0.0667. The second-order valence-electron chi connectivity index (χ2n) is 12.7. The molecule has 0 aliphatic carbocycles. The summed E-state index contributed by atoms with van der Waals surface area (Å²) in [6, 6.07) is 38.3. The van der Waals surface area contributed by atoms with Crippen molar-refractivity contribution in [3.8, 4) is 18.0 Å². The summed E-state index contributed by atoms with van der Waals surface area (Å²) < 4.78 is 7.24. The van der Waals surface area contributed by atoms with Crippen molar-refractivity contribution in [3.63, 3.8) is 0 Å². The van der Waals surface area contributed by atoms with Crippen molar-refractivity contribution in [1.29, 1.82) is 0 Å². The molecule has 0 spiro atoms. The number of fused-ring (bicyclic) bond motifs is 11. The summed E-state index contributed by atoms with van der Waals surface area (Å²) in [6.07, 6.45) is 19.4. The quantitative estimate of drug-likeness (QED) is 0.188. The van der Waals surface area contributed by atoms with Crippen molar-refractivity contribution in [2.45, 2.75) is 13.0 Å². The summed E-state index contributed by atoms with van der Waals surface area (Å²) in [5.41, 5.74) is 9.36. The molecule has 0 saturated heterocycles. The number of thiophene rings is 1. The van der Waals surface area contributed by atoms with E-state index in [0.717, 1.165) is 56.3 Å². The maximum atomic E-state index is 6.48. The Labute approximate surface area is 293 Å².